The lowest BCUT2D eigenvalue weighted by Crippen LogP contribution is -2.43. The molecule has 3 aliphatic rings. The summed E-state index contributed by atoms with van der Waals surface area (Å²) in [4.78, 5) is 2.56. The topological polar surface area (TPSA) is 24.5 Å². The molecule has 1 heterocycles. The Hall–Kier alpha value is -0.120. The van der Waals surface area contributed by atoms with E-state index in [-0.39, 0.29) is 0 Å². The first-order chi connectivity index (χ1) is 8.81. The number of ether oxygens (including phenoxy) is 1. The molecule has 18 heavy (non-hydrogen) atoms. The third kappa shape index (κ3) is 3.06. The van der Waals surface area contributed by atoms with Gasteiger partial charge in [0.2, 0.25) is 0 Å². The van der Waals surface area contributed by atoms with Crippen LogP contribution < -0.4 is 5.32 Å². The van der Waals surface area contributed by atoms with E-state index in [9.17, 15) is 0 Å². The van der Waals surface area contributed by atoms with Crippen LogP contribution in [0.1, 0.15) is 32.1 Å². The van der Waals surface area contributed by atoms with Gasteiger partial charge >= 0.3 is 0 Å². The summed E-state index contributed by atoms with van der Waals surface area (Å²) in [7, 11) is 2.30. The first-order valence-electron chi connectivity index (χ1n) is 7.81. The molecule has 3 heteroatoms. The van der Waals surface area contributed by atoms with Gasteiger partial charge in [-0.25, -0.2) is 0 Å². The molecular formula is C15H28N2O. The minimum atomic E-state index is 0.584. The minimum absolute atomic E-state index is 0.584. The molecule has 3 rings (SSSR count). The Bertz CT molecular complexity index is 265. The van der Waals surface area contributed by atoms with Crippen molar-refractivity contribution in [2.24, 2.45) is 17.8 Å². The highest BCUT2D eigenvalue weighted by Crippen LogP contribution is 2.48. The quantitative estimate of drug-likeness (QED) is 0.806. The first-order valence-corrected chi connectivity index (χ1v) is 7.81. The van der Waals surface area contributed by atoms with Crippen molar-refractivity contribution < 1.29 is 4.74 Å². The van der Waals surface area contributed by atoms with Gasteiger partial charge in [0.15, 0.2) is 0 Å². The smallest absolute Gasteiger partial charge is 0.0620 e. The summed E-state index contributed by atoms with van der Waals surface area (Å²) in [6.07, 6.45) is 7.32. The number of fused-ring (bicyclic) bond motifs is 2. The van der Waals surface area contributed by atoms with Crippen molar-refractivity contribution in [1.29, 1.82) is 0 Å². The van der Waals surface area contributed by atoms with Gasteiger partial charge in [0.25, 0.3) is 0 Å². The fourth-order valence-electron chi connectivity index (χ4n) is 4.27. The number of hydrogen-bond acceptors (Lipinski definition) is 3. The van der Waals surface area contributed by atoms with Crippen LogP contribution in [0.25, 0.3) is 0 Å². The van der Waals surface area contributed by atoms with Gasteiger partial charge in [-0.1, -0.05) is 6.42 Å². The standard InChI is InChI=1S/C15H28N2O/c1-17(6-4-15-11-18-7-5-16-15)10-14-9-12-2-3-13(14)8-12/h12-16H,2-11H2,1H3. The SMILES string of the molecule is CN(CCC1COCCN1)CC1CC2CCC1C2. The molecule has 0 aromatic heterocycles. The maximum absolute atomic E-state index is 5.51. The van der Waals surface area contributed by atoms with E-state index >= 15 is 0 Å². The van der Waals surface area contributed by atoms with Crippen LogP contribution in [-0.4, -0.2) is 50.8 Å². The highest BCUT2D eigenvalue weighted by molar-refractivity contribution is 4.91. The Kier molecular flexibility index (Phi) is 4.22. The molecule has 104 valence electrons. The predicted molar refractivity (Wildman–Crippen MR) is 73.7 cm³/mol. The van der Waals surface area contributed by atoms with Crippen LogP contribution in [0.4, 0.5) is 0 Å². The zero-order valence-corrected chi connectivity index (χ0v) is 11.7. The van der Waals surface area contributed by atoms with Crippen LogP contribution in [0.15, 0.2) is 0 Å². The Balaban J connectivity index is 1.35. The molecule has 2 aliphatic carbocycles. The van der Waals surface area contributed by atoms with Gasteiger partial charge in [0.05, 0.1) is 13.2 Å². The largest absolute Gasteiger partial charge is 0.379 e. The molecule has 2 bridgehead atoms. The molecule has 0 aromatic carbocycles. The van der Waals surface area contributed by atoms with E-state index in [1.807, 2.05) is 0 Å². The van der Waals surface area contributed by atoms with Crippen LogP contribution in [0.2, 0.25) is 0 Å². The Morgan fingerprint density at radius 3 is 2.89 bits per heavy atom. The summed E-state index contributed by atoms with van der Waals surface area (Å²) in [6.45, 7) is 5.36. The summed E-state index contributed by atoms with van der Waals surface area (Å²) in [5.74, 6) is 3.15. The molecule has 1 aliphatic heterocycles. The van der Waals surface area contributed by atoms with Crippen molar-refractivity contribution in [2.75, 3.05) is 39.9 Å². The van der Waals surface area contributed by atoms with Gasteiger partial charge in [-0.2, -0.15) is 0 Å². The molecular weight excluding hydrogens is 224 g/mol. The number of morpholine rings is 1. The zero-order valence-electron chi connectivity index (χ0n) is 11.7. The summed E-state index contributed by atoms with van der Waals surface area (Å²) >= 11 is 0. The van der Waals surface area contributed by atoms with Crippen LogP contribution in [0.3, 0.4) is 0 Å². The third-order valence-corrected chi connectivity index (χ3v) is 5.29. The second-order valence-electron chi connectivity index (χ2n) is 6.71. The summed E-state index contributed by atoms with van der Waals surface area (Å²) in [5.41, 5.74) is 0. The van der Waals surface area contributed by atoms with E-state index in [0.29, 0.717) is 6.04 Å². The summed E-state index contributed by atoms with van der Waals surface area (Å²) in [5, 5.41) is 3.54. The van der Waals surface area contributed by atoms with Crippen LogP contribution in [0, 0.1) is 17.8 Å². The van der Waals surface area contributed by atoms with Gasteiger partial charge in [-0.15, -0.1) is 0 Å². The molecule has 0 radical (unpaired) electrons. The fourth-order valence-corrected chi connectivity index (χ4v) is 4.27. The maximum Gasteiger partial charge on any atom is 0.0620 e. The summed E-state index contributed by atoms with van der Waals surface area (Å²) in [6, 6.07) is 0.584. The lowest BCUT2D eigenvalue weighted by atomic mass is 9.88. The molecule has 4 unspecified atom stereocenters. The van der Waals surface area contributed by atoms with E-state index < -0.39 is 0 Å². The Morgan fingerprint density at radius 1 is 1.28 bits per heavy atom. The van der Waals surface area contributed by atoms with Crippen LogP contribution in [0.5, 0.6) is 0 Å². The monoisotopic (exact) mass is 252 g/mol. The molecule has 3 nitrogen and oxygen atoms in total. The van der Waals surface area contributed by atoms with Crippen LogP contribution in [-0.2, 0) is 4.74 Å². The Morgan fingerprint density at radius 2 is 2.22 bits per heavy atom. The maximum atomic E-state index is 5.51. The molecule has 1 saturated heterocycles. The normalized spacial score (nSPS) is 39.7. The van der Waals surface area contributed by atoms with E-state index in [4.69, 9.17) is 4.74 Å². The summed E-state index contributed by atoms with van der Waals surface area (Å²) < 4.78 is 5.51. The van der Waals surface area contributed by atoms with Crippen molar-refractivity contribution >= 4 is 0 Å². The van der Waals surface area contributed by atoms with Crippen molar-refractivity contribution in [3.63, 3.8) is 0 Å². The number of nitrogens with zero attached hydrogens (tertiary/aromatic N) is 1. The molecule has 0 spiro atoms. The number of nitrogens with one attached hydrogen (secondary N) is 1. The molecule has 3 fully saturated rings. The van der Waals surface area contributed by atoms with E-state index in [1.54, 1.807) is 0 Å². The van der Waals surface area contributed by atoms with Crippen molar-refractivity contribution in [1.82, 2.24) is 10.2 Å². The van der Waals surface area contributed by atoms with Crippen molar-refractivity contribution in [2.45, 2.75) is 38.1 Å². The lowest BCUT2D eigenvalue weighted by molar-refractivity contribution is 0.0699. The second kappa shape index (κ2) is 5.89. The molecule has 0 aromatic rings. The van der Waals surface area contributed by atoms with Gasteiger partial charge in [0.1, 0.15) is 0 Å². The van der Waals surface area contributed by atoms with E-state index in [0.717, 1.165) is 37.5 Å². The molecule has 2 saturated carbocycles. The zero-order chi connectivity index (χ0) is 12.4. The van der Waals surface area contributed by atoms with Gasteiger partial charge in [0, 0.05) is 19.1 Å². The second-order valence-corrected chi connectivity index (χ2v) is 6.71. The average molecular weight is 252 g/mol. The Labute approximate surface area is 111 Å². The van der Waals surface area contributed by atoms with Gasteiger partial charge in [-0.3, -0.25) is 0 Å². The van der Waals surface area contributed by atoms with Crippen molar-refractivity contribution in [3.8, 4) is 0 Å². The molecule has 0 amide bonds. The fraction of sp³-hybridized carbons (Fsp3) is 1.00. The van der Waals surface area contributed by atoms with Crippen LogP contribution >= 0.6 is 0 Å². The predicted octanol–water partition coefficient (Wildman–Crippen LogP) is 1.73. The third-order valence-electron chi connectivity index (χ3n) is 5.29. The van der Waals surface area contributed by atoms with Crippen molar-refractivity contribution in [3.05, 3.63) is 0 Å². The minimum Gasteiger partial charge on any atom is -0.379 e. The van der Waals surface area contributed by atoms with E-state index in [2.05, 4.69) is 17.3 Å². The lowest BCUT2D eigenvalue weighted by Gasteiger charge is -2.29. The van der Waals surface area contributed by atoms with E-state index in [1.165, 1.54) is 45.2 Å². The first kappa shape index (κ1) is 12.9. The number of rotatable bonds is 5. The highest BCUT2D eigenvalue weighted by atomic mass is 16.5. The van der Waals surface area contributed by atoms with Gasteiger partial charge < -0.3 is 15.0 Å². The molecule has 1 N–H and O–H groups in total. The average Bonchev–Trinajstić information content (AvgIpc) is 3.00. The highest BCUT2D eigenvalue weighted by Gasteiger charge is 2.39. The molecule has 4 atom stereocenters. The number of hydrogen-bond donors (Lipinski definition) is 1. The van der Waals surface area contributed by atoms with Gasteiger partial charge in [-0.05, 0) is 57.0 Å².